The molecule has 0 radical (unpaired) electrons. The molecule has 1 aromatic heterocycles. The number of aromatic nitrogens is 2. The van der Waals surface area contributed by atoms with Crippen LogP contribution in [0.4, 0.5) is 0 Å². The van der Waals surface area contributed by atoms with E-state index in [0.29, 0.717) is 6.42 Å². The highest BCUT2D eigenvalue weighted by molar-refractivity contribution is 6.31. The predicted octanol–water partition coefficient (Wildman–Crippen LogP) is 2.74. The molecule has 2 heterocycles. The first-order valence-electron chi connectivity index (χ1n) is 7.32. The van der Waals surface area contributed by atoms with Crippen LogP contribution in [0.1, 0.15) is 23.9 Å². The summed E-state index contributed by atoms with van der Waals surface area (Å²) >= 11 is 6.35. The second kappa shape index (κ2) is 5.70. The molecule has 0 amide bonds. The molecule has 4 nitrogen and oxygen atoms in total. The van der Waals surface area contributed by atoms with Crippen LogP contribution < -0.4 is 10.5 Å². The standard InChI is InChI=1S/C16H20ClN3O/c1-3-20-13(16(17)10(2)19-20)9-12(18)15-8-11-6-4-5-7-14(11)21-15/h4-7,12,15H,3,8-9,18H2,1-2H3. The van der Waals surface area contributed by atoms with Crippen molar-refractivity contribution in [2.45, 2.75) is 45.4 Å². The molecule has 5 heteroatoms. The van der Waals surface area contributed by atoms with Crippen molar-refractivity contribution in [3.63, 3.8) is 0 Å². The van der Waals surface area contributed by atoms with E-state index in [2.05, 4.69) is 18.1 Å². The van der Waals surface area contributed by atoms with E-state index >= 15 is 0 Å². The Kier molecular flexibility index (Phi) is 3.91. The van der Waals surface area contributed by atoms with Crippen molar-refractivity contribution in [2.75, 3.05) is 0 Å². The van der Waals surface area contributed by atoms with Gasteiger partial charge in [0.2, 0.25) is 0 Å². The molecule has 3 rings (SSSR count). The summed E-state index contributed by atoms with van der Waals surface area (Å²) in [5.41, 5.74) is 9.45. The molecular formula is C16H20ClN3O. The third kappa shape index (κ3) is 2.65. The molecule has 0 bridgehead atoms. The summed E-state index contributed by atoms with van der Waals surface area (Å²) in [5.74, 6) is 0.948. The summed E-state index contributed by atoms with van der Waals surface area (Å²) in [5, 5.41) is 5.16. The van der Waals surface area contributed by atoms with Gasteiger partial charge in [-0.3, -0.25) is 4.68 Å². The normalized spacial score (nSPS) is 18.4. The molecule has 2 aromatic rings. The van der Waals surface area contributed by atoms with E-state index in [4.69, 9.17) is 22.1 Å². The number of benzene rings is 1. The van der Waals surface area contributed by atoms with Gasteiger partial charge in [0.1, 0.15) is 11.9 Å². The van der Waals surface area contributed by atoms with E-state index in [0.717, 1.165) is 35.1 Å². The molecule has 0 aliphatic carbocycles. The number of rotatable bonds is 4. The summed E-state index contributed by atoms with van der Waals surface area (Å²) in [4.78, 5) is 0. The summed E-state index contributed by atoms with van der Waals surface area (Å²) < 4.78 is 7.89. The number of para-hydroxylation sites is 1. The van der Waals surface area contributed by atoms with Gasteiger partial charge in [0.25, 0.3) is 0 Å². The third-order valence-electron chi connectivity index (χ3n) is 4.03. The van der Waals surface area contributed by atoms with Crippen LogP contribution in [-0.4, -0.2) is 21.9 Å². The van der Waals surface area contributed by atoms with Gasteiger partial charge in [-0.25, -0.2) is 0 Å². The predicted molar refractivity (Wildman–Crippen MR) is 83.9 cm³/mol. The maximum Gasteiger partial charge on any atom is 0.123 e. The Morgan fingerprint density at radius 1 is 1.48 bits per heavy atom. The zero-order valence-corrected chi connectivity index (χ0v) is 13.1. The molecule has 0 saturated heterocycles. The van der Waals surface area contributed by atoms with Gasteiger partial charge < -0.3 is 10.5 Å². The van der Waals surface area contributed by atoms with Crippen molar-refractivity contribution >= 4 is 11.6 Å². The van der Waals surface area contributed by atoms with Crippen molar-refractivity contribution in [3.05, 3.63) is 46.2 Å². The lowest BCUT2D eigenvalue weighted by Gasteiger charge is -2.19. The van der Waals surface area contributed by atoms with Crippen LogP contribution in [0.25, 0.3) is 0 Å². The number of halogens is 1. The van der Waals surface area contributed by atoms with E-state index in [9.17, 15) is 0 Å². The highest BCUT2D eigenvalue weighted by Gasteiger charge is 2.29. The lowest BCUT2D eigenvalue weighted by atomic mass is 10.0. The molecule has 1 aromatic carbocycles. The maximum absolute atomic E-state index is 6.37. The number of ether oxygens (including phenoxy) is 1. The van der Waals surface area contributed by atoms with Gasteiger partial charge in [-0.1, -0.05) is 29.8 Å². The Morgan fingerprint density at radius 3 is 2.95 bits per heavy atom. The number of aryl methyl sites for hydroxylation is 2. The van der Waals surface area contributed by atoms with Crippen molar-refractivity contribution in [3.8, 4) is 5.75 Å². The smallest absolute Gasteiger partial charge is 0.123 e. The number of nitrogens with two attached hydrogens (primary N) is 1. The number of hydrogen-bond acceptors (Lipinski definition) is 3. The zero-order chi connectivity index (χ0) is 15.0. The molecule has 2 unspecified atom stereocenters. The van der Waals surface area contributed by atoms with Gasteiger partial charge >= 0.3 is 0 Å². The molecule has 0 fully saturated rings. The topological polar surface area (TPSA) is 53.1 Å². The van der Waals surface area contributed by atoms with Crippen molar-refractivity contribution in [1.29, 1.82) is 0 Å². The lowest BCUT2D eigenvalue weighted by molar-refractivity contribution is 0.197. The summed E-state index contributed by atoms with van der Waals surface area (Å²) in [6.07, 6.45) is 1.53. The number of nitrogens with zero attached hydrogens (tertiary/aromatic N) is 2. The van der Waals surface area contributed by atoms with Crippen LogP contribution in [0.3, 0.4) is 0 Å². The van der Waals surface area contributed by atoms with Crippen molar-refractivity contribution in [2.24, 2.45) is 5.73 Å². The van der Waals surface area contributed by atoms with E-state index < -0.39 is 0 Å². The van der Waals surface area contributed by atoms with Gasteiger partial charge in [0.05, 0.1) is 16.4 Å². The average Bonchev–Trinajstić information content (AvgIpc) is 3.03. The van der Waals surface area contributed by atoms with Crippen molar-refractivity contribution in [1.82, 2.24) is 9.78 Å². The molecule has 2 N–H and O–H groups in total. The van der Waals surface area contributed by atoms with Gasteiger partial charge in [-0.05, 0) is 25.5 Å². The molecule has 112 valence electrons. The number of hydrogen-bond donors (Lipinski definition) is 1. The highest BCUT2D eigenvalue weighted by Crippen LogP contribution is 2.30. The largest absolute Gasteiger partial charge is 0.488 e. The second-order valence-corrected chi connectivity index (χ2v) is 5.88. The minimum Gasteiger partial charge on any atom is -0.488 e. The monoisotopic (exact) mass is 305 g/mol. The van der Waals surface area contributed by atoms with Crippen LogP contribution in [0.15, 0.2) is 24.3 Å². The lowest BCUT2D eigenvalue weighted by Crippen LogP contribution is -2.40. The van der Waals surface area contributed by atoms with Crippen LogP contribution in [-0.2, 0) is 19.4 Å². The second-order valence-electron chi connectivity index (χ2n) is 5.50. The average molecular weight is 306 g/mol. The Morgan fingerprint density at radius 2 is 2.24 bits per heavy atom. The summed E-state index contributed by atoms with van der Waals surface area (Å²) in [6, 6.07) is 8.00. The van der Waals surface area contributed by atoms with E-state index in [-0.39, 0.29) is 12.1 Å². The fraction of sp³-hybridized carbons (Fsp3) is 0.438. The van der Waals surface area contributed by atoms with Crippen LogP contribution in [0.5, 0.6) is 5.75 Å². The molecule has 2 atom stereocenters. The Hall–Kier alpha value is -1.52. The molecular weight excluding hydrogens is 286 g/mol. The molecule has 1 aliphatic heterocycles. The minimum absolute atomic E-state index is 0.000945. The molecule has 1 aliphatic rings. The Balaban J connectivity index is 1.75. The highest BCUT2D eigenvalue weighted by atomic mass is 35.5. The first kappa shape index (κ1) is 14.4. The van der Waals surface area contributed by atoms with Crippen LogP contribution >= 0.6 is 11.6 Å². The fourth-order valence-electron chi connectivity index (χ4n) is 2.87. The summed E-state index contributed by atoms with van der Waals surface area (Å²) in [6.45, 7) is 4.77. The van der Waals surface area contributed by atoms with Gasteiger partial charge in [0.15, 0.2) is 0 Å². The SMILES string of the molecule is CCn1nc(C)c(Cl)c1CC(N)C1Cc2ccccc2O1. The fourth-order valence-corrected chi connectivity index (χ4v) is 3.08. The molecule has 21 heavy (non-hydrogen) atoms. The molecule has 0 saturated carbocycles. The van der Waals surface area contributed by atoms with Crippen molar-refractivity contribution < 1.29 is 4.74 Å². The van der Waals surface area contributed by atoms with E-state index in [1.807, 2.05) is 29.8 Å². The van der Waals surface area contributed by atoms with Gasteiger partial charge in [-0.15, -0.1) is 0 Å². The Bertz CT molecular complexity index is 628. The zero-order valence-electron chi connectivity index (χ0n) is 12.3. The van der Waals surface area contributed by atoms with Crippen LogP contribution in [0, 0.1) is 6.92 Å². The van der Waals surface area contributed by atoms with E-state index in [1.54, 1.807) is 0 Å². The molecule has 0 spiro atoms. The first-order chi connectivity index (χ1) is 10.1. The van der Waals surface area contributed by atoms with Gasteiger partial charge in [-0.2, -0.15) is 5.10 Å². The number of fused-ring (bicyclic) bond motifs is 1. The summed E-state index contributed by atoms with van der Waals surface area (Å²) in [7, 11) is 0. The quantitative estimate of drug-likeness (QED) is 0.945. The maximum atomic E-state index is 6.37. The van der Waals surface area contributed by atoms with Crippen LogP contribution in [0.2, 0.25) is 5.02 Å². The van der Waals surface area contributed by atoms with Gasteiger partial charge in [0, 0.05) is 25.4 Å². The van der Waals surface area contributed by atoms with E-state index in [1.165, 1.54) is 5.56 Å². The third-order valence-corrected chi connectivity index (χ3v) is 4.52. The Labute approximate surface area is 129 Å². The first-order valence-corrected chi connectivity index (χ1v) is 7.69. The minimum atomic E-state index is -0.101.